The Balaban J connectivity index is 2.34. The molecule has 1 N–H and O–H groups in total. The molecule has 1 aliphatic rings. The first-order valence-corrected chi connectivity index (χ1v) is 6.65. The largest absolute Gasteiger partial charge is 0.295 e. The molecule has 1 aromatic heterocycles. The molecule has 0 radical (unpaired) electrons. The minimum absolute atomic E-state index is 0.973. The summed E-state index contributed by atoms with van der Waals surface area (Å²) in [7, 11) is 0. The smallest absolute Gasteiger partial charge is 0.213 e. The molecular formula is C14H11N2S+. The van der Waals surface area contributed by atoms with Crippen molar-refractivity contribution in [1.29, 1.82) is 0 Å². The molecule has 3 aromatic rings. The Morgan fingerprint density at radius 2 is 1.59 bits per heavy atom. The number of fused-ring (bicyclic) bond motifs is 6. The molecule has 2 nitrogen and oxygen atoms in total. The minimum Gasteiger partial charge on any atom is -0.213 e. The summed E-state index contributed by atoms with van der Waals surface area (Å²) < 4.78 is 5.76. The van der Waals surface area contributed by atoms with Crippen LogP contribution in [0.15, 0.2) is 48.5 Å². The van der Waals surface area contributed by atoms with Crippen LogP contribution < -0.4 is 9.29 Å². The van der Waals surface area contributed by atoms with Crippen molar-refractivity contribution in [3.05, 3.63) is 48.5 Å². The highest BCUT2D eigenvalue weighted by Crippen LogP contribution is 2.32. The van der Waals surface area contributed by atoms with Gasteiger partial charge in [0.05, 0.1) is 5.39 Å². The Bertz CT molecular complexity index is 674. The van der Waals surface area contributed by atoms with E-state index < -0.39 is 0 Å². The van der Waals surface area contributed by atoms with E-state index in [4.69, 9.17) is 0 Å². The number of benzene rings is 2. The van der Waals surface area contributed by atoms with Crippen LogP contribution in [-0.2, 0) is 5.88 Å². The second-order valence-corrected chi connectivity index (χ2v) is 4.97. The van der Waals surface area contributed by atoms with Gasteiger partial charge in [0, 0.05) is 10.8 Å². The van der Waals surface area contributed by atoms with Crippen LogP contribution in [0.5, 0.6) is 0 Å². The van der Waals surface area contributed by atoms with Gasteiger partial charge in [-0.3, -0.25) is 0 Å². The van der Waals surface area contributed by atoms with Gasteiger partial charge in [-0.15, -0.1) is 0 Å². The lowest BCUT2D eigenvalue weighted by Gasteiger charge is -2.06. The van der Waals surface area contributed by atoms with Crippen LogP contribution in [0.3, 0.4) is 0 Å². The van der Waals surface area contributed by atoms with E-state index in [1.807, 2.05) is 0 Å². The summed E-state index contributed by atoms with van der Waals surface area (Å²) in [5, 5.41) is 3.96. The van der Waals surface area contributed by atoms with Gasteiger partial charge >= 0.3 is 0 Å². The predicted molar refractivity (Wildman–Crippen MR) is 72.9 cm³/mol. The van der Waals surface area contributed by atoms with Gasteiger partial charge in [0.15, 0.2) is 5.88 Å². The molecule has 2 heterocycles. The first-order chi connectivity index (χ1) is 8.45. The molecular weight excluding hydrogens is 228 g/mol. The van der Waals surface area contributed by atoms with Crippen molar-refractivity contribution in [1.82, 2.24) is 0 Å². The first kappa shape index (κ1) is 9.31. The van der Waals surface area contributed by atoms with E-state index in [0.717, 1.165) is 5.88 Å². The monoisotopic (exact) mass is 239 g/mol. The average Bonchev–Trinajstić information content (AvgIpc) is 2.89. The predicted octanol–water partition coefficient (Wildman–Crippen LogP) is 3.31. The number of hydrogen-bond donors (Lipinski definition) is 1. The highest BCUT2D eigenvalue weighted by Gasteiger charge is 2.25. The maximum absolute atomic E-state index is 3.41. The zero-order chi connectivity index (χ0) is 11.2. The number of nitrogens with one attached hydrogen (secondary N) is 1. The summed E-state index contributed by atoms with van der Waals surface area (Å²) in [6.45, 7) is 0. The third-order valence-electron chi connectivity index (χ3n) is 3.30. The van der Waals surface area contributed by atoms with Crippen LogP contribution in [0.2, 0.25) is 0 Å². The maximum atomic E-state index is 3.41. The molecule has 0 bridgehead atoms. The van der Waals surface area contributed by atoms with Crippen LogP contribution >= 0.6 is 11.9 Å². The lowest BCUT2D eigenvalue weighted by Crippen LogP contribution is -2.30. The van der Waals surface area contributed by atoms with Gasteiger partial charge in [0.25, 0.3) is 5.82 Å². The maximum Gasteiger partial charge on any atom is 0.295 e. The molecule has 0 amide bonds. The van der Waals surface area contributed by atoms with Crippen molar-refractivity contribution in [3.8, 4) is 0 Å². The summed E-state index contributed by atoms with van der Waals surface area (Å²) in [6, 6.07) is 17.2. The van der Waals surface area contributed by atoms with Crippen molar-refractivity contribution in [2.45, 2.75) is 5.88 Å². The zero-order valence-electron chi connectivity index (χ0n) is 9.18. The molecule has 0 aliphatic carbocycles. The standard InChI is InChI=1S/C14H10N2S/c1-2-7-12-10(5-1)11-6-3-4-8-13(11)16-9-17-15-14(12)16/h1-8H,9H2/p+1. The van der Waals surface area contributed by atoms with Gasteiger partial charge < -0.3 is 0 Å². The summed E-state index contributed by atoms with van der Waals surface area (Å²) in [6.07, 6.45) is 0. The molecule has 4 rings (SSSR count). The van der Waals surface area contributed by atoms with E-state index >= 15 is 0 Å². The fraction of sp³-hybridized carbons (Fsp3) is 0.0714. The van der Waals surface area contributed by atoms with Crippen LogP contribution in [0.4, 0.5) is 5.82 Å². The SMILES string of the molecule is c1ccc2c(c1)c1[n+](c3ccccc23)CSN1. The Labute approximate surface area is 103 Å². The molecule has 17 heavy (non-hydrogen) atoms. The number of hydrogen-bond acceptors (Lipinski definition) is 2. The number of nitrogens with zero attached hydrogens (tertiary/aromatic N) is 1. The molecule has 0 fully saturated rings. The summed E-state index contributed by atoms with van der Waals surface area (Å²) in [4.78, 5) is 0. The van der Waals surface area contributed by atoms with Gasteiger partial charge in [-0.05, 0) is 12.1 Å². The number of anilines is 1. The van der Waals surface area contributed by atoms with Crippen LogP contribution in [-0.4, -0.2) is 0 Å². The third-order valence-corrected chi connectivity index (χ3v) is 4.02. The average molecular weight is 239 g/mol. The molecule has 0 spiro atoms. The first-order valence-electron chi connectivity index (χ1n) is 5.66. The van der Waals surface area contributed by atoms with E-state index in [1.54, 1.807) is 11.9 Å². The third kappa shape index (κ3) is 1.20. The Kier molecular flexibility index (Phi) is 1.85. The molecule has 2 aromatic carbocycles. The topological polar surface area (TPSA) is 15.9 Å². The van der Waals surface area contributed by atoms with E-state index in [2.05, 4.69) is 57.8 Å². The molecule has 82 valence electrons. The molecule has 0 saturated heterocycles. The van der Waals surface area contributed by atoms with E-state index in [-0.39, 0.29) is 0 Å². The molecule has 0 saturated carbocycles. The van der Waals surface area contributed by atoms with E-state index in [9.17, 15) is 0 Å². The van der Waals surface area contributed by atoms with Crippen LogP contribution in [0.1, 0.15) is 0 Å². The summed E-state index contributed by atoms with van der Waals surface area (Å²) in [5.74, 6) is 2.20. The van der Waals surface area contributed by atoms with Gasteiger partial charge in [-0.25, -0.2) is 9.29 Å². The number of rotatable bonds is 0. The van der Waals surface area contributed by atoms with Gasteiger partial charge in [-0.2, -0.15) is 0 Å². The van der Waals surface area contributed by atoms with Crippen LogP contribution in [0, 0.1) is 0 Å². The van der Waals surface area contributed by atoms with Crippen molar-refractivity contribution >= 4 is 39.4 Å². The van der Waals surface area contributed by atoms with Crippen molar-refractivity contribution in [3.63, 3.8) is 0 Å². The molecule has 0 atom stereocenters. The number of pyridine rings is 1. The lowest BCUT2D eigenvalue weighted by atomic mass is 10.1. The second kappa shape index (κ2) is 3.37. The Morgan fingerprint density at radius 1 is 0.882 bits per heavy atom. The fourth-order valence-electron chi connectivity index (χ4n) is 2.54. The van der Waals surface area contributed by atoms with Gasteiger partial charge in [-0.1, -0.05) is 36.4 Å². The summed E-state index contributed by atoms with van der Waals surface area (Å²) in [5.41, 5.74) is 1.30. The quantitative estimate of drug-likeness (QED) is 0.368. The van der Waals surface area contributed by atoms with Crippen molar-refractivity contribution in [2.24, 2.45) is 0 Å². The molecule has 0 unspecified atom stereocenters. The van der Waals surface area contributed by atoms with Crippen molar-refractivity contribution < 1.29 is 4.57 Å². The molecule has 3 heteroatoms. The highest BCUT2D eigenvalue weighted by atomic mass is 32.2. The highest BCUT2D eigenvalue weighted by molar-refractivity contribution is 7.99. The Hall–Kier alpha value is -1.74. The lowest BCUT2D eigenvalue weighted by molar-refractivity contribution is -0.629. The number of para-hydroxylation sites is 1. The number of aromatic nitrogens is 1. The van der Waals surface area contributed by atoms with Crippen molar-refractivity contribution in [2.75, 3.05) is 4.72 Å². The van der Waals surface area contributed by atoms with E-state index in [1.165, 1.54) is 27.5 Å². The normalized spacial score (nSPS) is 13.9. The zero-order valence-corrected chi connectivity index (χ0v) is 10.00. The van der Waals surface area contributed by atoms with Gasteiger partial charge in [0.1, 0.15) is 17.5 Å². The Morgan fingerprint density at radius 3 is 2.47 bits per heavy atom. The minimum atomic E-state index is 0.973. The summed E-state index contributed by atoms with van der Waals surface area (Å²) >= 11 is 1.75. The van der Waals surface area contributed by atoms with Crippen LogP contribution in [0.25, 0.3) is 21.7 Å². The van der Waals surface area contributed by atoms with E-state index in [0.29, 0.717) is 0 Å². The fourth-order valence-corrected chi connectivity index (χ4v) is 3.36. The second-order valence-electron chi connectivity index (χ2n) is 4.21. The van der Waals surface area contributed by atoms with Gasteiger partial charge in [0.2, 0.25) is 0 Å². The molecule has 1 aliphatic heterocycles.